The van der Waals surface area contributed by atoms with Crippen LogP contribution in [0.5, 0.6) is 0 Å². The van der Waals surface area contributed by atoms with Crippen LogP contribution in [0.15, 0.2) is 12.7 Å². The van der Waals surface area contributed by atoms with E-state index < -0.39 is 53.1 Å². The van der Waals surface area contributed by atoms with E-state index in [1.807, 2.05) is 0 Å². The van der Waals surface area contributed by atoms with Crippen LogP contribution in [0, 0.1) is 0 Å². The van der Waals surface area contributed by atoms with Gasteiger partial charge in [-0.1, -0.05) is 69.6 Å². The lowest BCUT2D eigenvalue weighted by Crippen LogP contribution is -2.37. The fraction of sp³-hybridized carbons (Fsp3) is 0.643. The molecule has 2 aromatic heterocycles. The zero-order valence-electron chi connectivity index (χ0n) is 16.2. The van der Waals surface area contributed by atoms with Gasteiger partial charge in [0.25, 0.3) is 0 Å². The van der Waals surface area contributed by atoms with Gasteiger partial charge < -0.3 is 20.7 Å². The third-order valence-corrected chi connectivity index (χ3v) is 6.44. The maximum atomic E-state index is 13.0. The van der Waals surface area contributed by atoms with Crippen molar-refractivity contribution in [3.8, 4) is 0 Å². The minimum atomic E-state index is -4.22. The maximum Gasteiger partial charge on any atom is 0.405 e. The number of imidazole rings is 1. The summed E-state index contributed by atoms with van der Waals surface area (Å²) in [6.45, 7) is -1.61. The zero-order chi connectivity index (χ0) is 24.6. The molecular formula is C14H17Cl6N6O6P. The molecular weight excluding hydrogens is 592 g/mol. The third kappa shape index (κ3) is 7.29. The number of aromatic nitrogens is 4. The first-order valence-electron chi connectivity index (χ1n) is 8.91. The second-order valence-corrected chi connectivity index (χ2v) is 13.6. The molecule has 1 aliphatic heterocycles. The summed E-state index contributed by atoms with van der Waals surface area (Å²) in [4.78, 5) is 12.0. The number of aliphatic hydroxyl groups is 2. The van der Waals surface area contributed by atoms with Crippen LogP contribution in [0.4, 0.5) is 5.82 Å². The summed E-state index contributed by atoms with van der Waals surface area (Å²) in [5.41, 5.74) is 6.33. The van der Waals surface area contributed by atoms with E-state index in [1.165, 1.54) is 17.2 Å². The second kappa shape index (κ2) is 10.6. The molecule has 33 heavy (non-hydrogen) atoms. The molecule has 0 spiro atoms. The molecule has 0 amide bonds. The van der Waals surface area contributed by atoms with E-state index in [1.54, 1.807) is 0 Å². The molecule has 1 aliphatic rings. The zero-order valence-corrected chi connectivity index (χ0v) is 21.6. The van der Waals surface area contributed by atoms with Crippen molar-refractivity contribution in [1.82, 2.24) is 24.6 Å². The van der Waals surface area contributed by atoms with Gasteiger partial charge in [-0.2, -0.15) is 0 Å². The van der Waals surface area contributed by atoms with Gasteiger partial charge in [0.15, 0.2) is 17.7 Å². The van der Waals surface area contributed by atoms with Crippen LogP contribution in [0.2, 0.25) is 0 Å². The fourth-order valence-corrected chi connectivity index (χ4v) is 5.00. The summed E-state index contributed by atoms with van der Waals surface area (Å²) in [5.74, 6) is 0.128. The first-order chi connectivity index (χ1) is 15.2. The molecule has 1 fully saturated rings. The van der Waals surface area contributed by atoms with Gasteiger partial charge in [-0.15, -0.1) is 0 Å². The van der Waals surface area contributed by atoms with Crippen LogP contribution < -0.4 is 10.8 Å². The van der Waals surface area contributed by atoms with Gasteiger partial charge >= 0.3 is 7.75 Å². The maximum absolute atomic E-state index is 13.0. The average Bonchev–Trinajstić information content (AvgIpc) is 3.25. The molecule has 0 radical (unpaired) electrons. The van der Waals surface area contributed by atoms with Crippen LogP contribution in [-0.2, 0) is 18.3 Å². The first-order valence-corrected chi connectivity index (χ1v) is 12.7. The topological polar surface area (TPSA) is 167 Å². The average molecular weight is 609 g/mol. The Bertz CT molecular complexity index is 999. The summed E-state index contributed by atoms with van der Waals surface area (Å²) >= 11 is 33.8. The van der Waals surface area contributed by atoms with Gasteiger partial charge in [0.2, 0.25) is 7.59 Å². The molecule has 1 saturated heterocycles. The summed E-state index contributed by atoms with van der Waals surface area (Å²) in [7, 11) is -4.22. The number of nitrogens with one attached hydrogen (secondary N) is 1. The normalized spacial score (nSPS) is 24.6. The smallest absolute Gasteiger partial charge is 0.387 e. The highest BCUT2D eigenvalue weighted by atomic mass is 35.6. The Labute approximate surface area is 217 Å². The van der Waals surface area contributed by atoms with E-state index in [2.05, 4.69) is 20.0 Å². The van der Waals surface area contributed by atoms with Gasteiger partial charge in [0, 0.05) is 6.54 Å². The second-order valence-electron chi connectivity index (χ2n) is 6.77. The Balaban J connectivity index is 1.72. The van der Waals surface area contributed by atoms with Crippen molar-refractivity contribution in [2.45, 2.75) is 32.1 Å². The number of nitrogens with two attached hydrogens (primary N) is 1. The van der Waals surface area contributed by atoms with E-state index in [-0.39, 0.29) is 23.5 Å². The summed E-state index contributed by atoms with van der Waals surface area (Å²) in [6, 6.07) is 0. The Kier molecular flexibility index (Phi) is 8.88. The van der Waals surface area contributed by atoms with E-state index in [4.69, 9.17) is 89.1 Å². The van der Waals surface area contributed by atoms with Crippen molar-refractivity contribution in [3.05, 3.63) is 12.7 Å². The van der Waals surface area contributed by atoms with Crippen LogP contribution in [0.3, 0.4) is 0 Å². The predicted molar refractivity (Wildman–Crippen MR) is 124 cm³/mol. The van der Waals surface area contributed by atoms with Crippen molar-refractivity contribution in [2.75, 3.05) is 25.5 Å². The Morgan fingerprint density at radius 2 is 1.70 bits per heavy atom. The molecule has 186 valence electrons. The lowest BCUT2D eigenvalue weighted by Gasteiger charge is -2.24. The molecule has 0 saturated carbocycles. The molecule has 0 aromatic carbocycles. The van der Waals surface area contributed by atoms with Crippen LogP contribution >= 0.6 is 77.4 Å². The molecule has 12 nitrogen and oxygen atoms in total. The number of nitrogens with zero attached hydrogens (tertiary/aromatic N) is 4. The van der Waals surface area contributed by atoms with Gasteiger partial charge in [-0.3, -0.25) is 13.6 Å². The number of fused-ring (bicyclic) bond motifs is 1. The Hall–Kier alpha value is 0.0800. The van der Waals surface area contributed by atoms with Crippen molar-refractivity contribution in [1.29, 1.82) is 0 Å². The fourth-order valence-electron chi connectivity index (χ4n) is 2.83. The number of ether oxygens (including phenoxy) is 1. The molecule has 2 aromatic rings. The highest BCUT2D eigenvalue weighted by molar-refractivity contribution is 7.51. The molecule has 5 N–H and O–H groups in total. The van der Waals surface area contributed by atoms with Crippen molar-refractivity contribution < 1.29 is 28.6 Å². The molecule has 3 heterocycles. The van der Waals surface area contributed by atoms with Crippen LogP contribution in [-0.4, -0.2) is 75.4 Å². The van der Waals surface area contributed by atoms with Crippen LogP contribution in [0.25, 0.3) is 11.2 Å². The van der Waals surface area contributed by atoms with Gasteiger partial charge in [-0.25, -0.2) is 24.6 Å². The molecule has 4 unspecified atom stereocenters. The van der Waals surface area contributed by atoms with E-state index in [0.29, 0.717) is 0 Å². The van der Waals surface area contributed by atoms with Gasteiger partial charge in [0.1, 0.15) is 43.4 Å². The predicted octanol–water partition coefficient (Wildman–Crippen LogP) is 2.50. The standard InChI is InChI=1S/C14H17Cl6N6O6P/c15-13(16,17)2-30-33(29,31-3-14(18,19)20)25-1-6-8(27)9(28)12(32-6)26-5-24-7-10(21)22-4-23-11(7)26/h4-6,8-9,12,27-28H,1-3H2,(H,25,29)(H2,21,22,23). The number of halogens is 6. The summed E-state index contributed by atoms with van der Waals surface area (Å²) < 4.78 is 26.5. The lowest BCUT2D eigenvalue weighted by atomic mass is 10.1. The first kappa shape index (κ1) is 27.7. The van der Waals surface area contributed by atoms with Crippen molar-refractivity contribution in [2.24, 2.45) is 0 Å². The monoisotopic (exact) mass is 606 g/mol. The minimum Gasteiger partial charge on any atom is -0.387 e. The summed E-state index contributed by atoms with van der Waals surface area (Å²) in [5, 5.41) is 23.4. The number of hydrogen-bond donors (Lipinski definition) is 4. The number of anilines is 1. The van der Waals surface area contributed by atoms with Gasteiger partial charge in [-0.05, 0) is 0 Å². The quantitative estimate of drug-likeness (QED) is 0.257. The SMILES string of the molecule is Nc1ncnc2c1ncn2C1OC(CNP(=O)(OCC(Cl)(Cl)Cl)OCC(Cl)(Cl)Cl)C(O)C1O. The Morgan fingerprint density at radius 3 is 2.27 bits per heavy atom. The molecule has 19 heteroatoms. The van der Waals surface area contributed by atoms with Crippen molar-refractivity contribution >= 4 is 94.3 Å². The largest absolute Gasteiger partial charge is 0.405 e. The van der Waals surface area contributed by atoms with Crippen molar-refractivity contribution in [3.63, 3.8) is 0 Å². The van der Waals surface area contributed by atoms with E-state index >= 15 is 0 Å². The van der Waals surface area contributed by atoms with Crippen LogP contribution in [0.1, 0.15) is 6.23 Å². The highest BCUT2D eigenvalue weighted by Gasteiger charge is 2.45. The van der Waals surface area contributed by atoms with E-state index in [9.17, 15) is 14.8 Å². The third-order valence-electron chi connectivity index (χ3n) is 4.28. The number of nitrogen functional groups attached to an aromatic ring is 1. The molecule has 0 bridgehead atoms. The number of hydrogen-bond acceptors (Lipinski definition) is 10. The number of alkyl halides is 6. The minimum absolute atomic E-state index is 0.128. The van der Waals surface area contributed by atoms with Gasteiger partial charge in [0.05, 0.1) is 6.33 Å². The Morgan fingerprint density at radius 1 is 1.09 bits per heavy atom. The molecule has 0 aliphatic carbocycles. The number of rotatable bonds is 8. The summed E-state index contributed by atoms with van der Waals surface area (Å²) in [6.07, 6.45) is -2.49. The highest BCUT2D eigenvalue weighted by Crippen LogP contribution is 2.48. The van der Waals surface area contributed by atoms with E-state index in [0.717, 1.165) is 0 Å². The lowest BCUT2D eigenvalue weighted by molar-refractivity contribution is -0.0334. The number of aliphatic hydroxyl groups excluding tert-OH is 2. The molecule has 4 atom stereocenters. The molecule has 3 rings (SSSR count).